The third-order valence-electron chi connectivity index (χ3n) is 5.91. The zero-order valence-electron chi connectivity index (χ0n) is 15.7. The lowest BCUT2D eigenvalue weighted by molar-refractivity contribution is -0.178. The van der Waals surface area contributed by atoms with Crippen LogP contribution in [0.3, 0.4) is 0 Å². The number of rotatable bonds is 6. The van der Waals surface area contributed by atoms with Crippen LogP contribution in [0, 0.1) is 5.92 Å². The summed E-state index contributed by atoms with van der Waals surface area (Å²) in [5.74, 6) is -0.131. The fourth-order valence-corrected chi connectivity index (χ4v) is 4.48. The highest BCUT2D eigenvalue weighted by molar-refractivity contribution is 5.98. The molecule has 1 saturated carbocycles. The van der Waals surface area contributed by atoms with E-state index in [1.54, 1.807) is 6.92 Å². The average Bonchev–Trinajstić information content (AvgIpc) is 3.14. The molecule has 0 spiro atoms. The van der Waals surface area contributed by atoms with E-state index in [1.807, 2.05) is 24.3 Å². The summed E-state index contributed by atoms with van der Waals surface area (Å²) >= 11 is 0. The van der Waals surface area contributed by atoms with Crippen LogP contribution in [0.4, 0.5) is 4.79 Å². The predicted molar refractivity (Wildman–Crippen MR) is 99.4 cm³/mol. The largest absolute Gasteiger partial charge is 0.465 e. The van der Waals surface area contributed by atoms with Crippen molar-refractivity contribution in [3.8, 4) is 0 Å². The highest BCUT2D eigenvalue weighted by Gasteiger charge is 2.47. The Balaban J connectivity index is 1.69. The van der Waals surface area contributed by atoms with Crippen LogP contribution in [0.25, 0.3) is 0 Å². The number of hydrogen-bond donors (Lipinski definition) is 2. The van der Waals surface area contributed by atoms with E-state index < -0.39 is 11.7 Å². The van der Waals surface area contributed by atoms with Gasteiger partial charge < -0.3 is 15.2 Å². The van der Waals surface area contributed by atoms with E-state index in [4.69, 9.17) is 9.84 Å². The maximum Gasteiger partial charge on any atom is 0.405 e. The lowest BCUT2D eigenvalue weighted by atomic mass is 9.76. The minimum absolute atomic E-state index is 0.0120. The molecule has 1 heterocycles. The molecule has 1 saturated heterocycles. The number of carbonyl (C=O) groups is 3. The fraction of sp³-hybridized carbons (Fsp3) is 0.571. The minimum atomic E-state index is -1.05. The van der Waals surface area contributed by atoms with Crippen molar-refractivity contribution in [2.45, 2.75) is 69.9 Å². The van der Waals surface area contributed by atoms with E-state index in [-0.39, 0.29) is 30.1 Å². The summed E-state index contributed by atoms with van der Waals surface area (Å²) < 4.78 is 5.82. The molecule has 1 aromatic carbocycles. The van der Waals surface area contributed by atoms with Gasteiger partial charge in [-0.3, -0.25) is 9.59 Å². The maximum absolute atomic E-state index is 12.1. The number of esters is 1. The highest BCUT2D eigenvalue weighted by Crippen LogP contribution is 2.43. The average molecular weight is 373 g/mol. The topological polar surface area (TPSA) is 92.7 Å². The van der Waals surface area contributed by atoms with Crippen molar-refractivity contribution in [2.24, 2.45) is 5.92 Å². The Bertz CT molecular complexity index is 690. The van der Waals surface area contributed by atoms with Crippen LogP contribution in [0.5, 0.6) is 0 Å². The first-order chi connectivity index (χ1) is 12.9. The van der Waals surface area contributed by atoms with Gasteiger partial charge >= 0.3 is 12.1 Å². The second-order valence-corrected chi connectivity index (χ2v) is 7.83. The smallest absolute Gasteiger partial charge is 0.405 e. The Kier molecular flexibility index (Phi) is 5.82. The van der Waals surface area contributed by atoms with E-state index in [2.05, 4.69) is 5.32 Å². The second-order valence-electron chi connectivity index (χ2n) is 7.83. The molecule has 0 radical (unpaired) electrons. The van der Waals surface area contributed by atoms with Crippen LogP contribution < -0.4 is 5.32 Å². The third-order valence-corrected chi connectivity index (χ3v) is 5.91. The van der Waals surface area contributed by atoms with Gasteiger partial charge in [-0.2, -0.15) is 0 Å². The first-order valence-electron chi connectivity index (χ1n) is 9.70. The number of carboxylic acid groups (broad SMARTS) is 1. The third kappa shape index (κ3) is 4.67. The molecule has 1 aliphatic carbocycles. The lowest BCUT2D eigenvalue weighted by Gasteiger charge is -2.41. The van der Waals surface area contributed by atoms with Gasteiger partial charge in [-0.1, -0.05) is 37.1 Å². The number of ether oxygens (including phenoxy) is 1. The van der Waals surface area contributed by atoms with Gasteiger partial charge in [0, 0.05) is 6.42 Å². The molecule has 1 amide bonds. The van der Waals surface area contributed by atoms with Gasteiger partial charge in [0.15, 0.2) is 0 Å². The molecule has 1 aromatic rings. The van der Waals surface area contributed by atoms with Crippen molar-refractivity contribution in [1.29, 1.82) is 0 Å². The van der Waals surface area contributed by atoms with E-state index in [9.17, 15) is 14.4 Å². The SMILES string of the molecule is CC(NC(=O)O)c1ccc(CCC2(C3CCCC3)CC(=O)CC(=O)O2)cc1. The number of nitrogens with one attached hydrogen (secondary N) is 1. The Morgan fingerprint density at radius 2 is 1.93 bits per heavy atom. The Labute approximate surface area is 159 Å². The molecule has 2 fully saturated rings. The van der Waals surface area contributed by atoms with Gasteiger partial charge in [-0.25, -0.2) is 4.79 Å². The Hall–Kier alpha value is -2.37. The molecule has 0 bridgehead atoms. The van der Waals surface area contributed by atoms with Gasteiger partial charge in [0.2, 0.25) is 0 Å². The fourth-order valence-electron chi connectivity index (χ4n) is 4.48. The van der Waals surface area contributed by atoms with Crippen LogP contribution in [0.15, 0.2) is 24.3 Å². The highest BCUT2D eigenvalue weighted by atomic mass is 16.6. The molecule has 146 valence electrons. The monoisotopic (exact) mass is 373 g/mol. The number of benzene rings is 1. The van der Waals surface area contributed by atoms with Gasteiger partial charge in [-0.15, -0.1) is 0 Å². The molecule has 2 unspecified atom stereocenters. The van der Waals surface area contributed by atoms with Crippen LogP contribution in [-0.4, -0.2) is 28.6 Å². The van der Waals surface area contributed by atoms with Crippen molar-refractivity contribution in [1.82, 2.24) is 5.32 Å². The number of carbonyl (C=O) groups excluding carboxylic acids is 2. The van der Waals surface area contributed by atoms with E-state index in [0.717, 1.165) is 43.2 Å². The Morgan fingerprint density at radius 3 is 2.52 bits per heavy atom. The molecule has 0 aromatic heterocycles. The van der Waals surface area contributed by atoms with Crippen molar-refractivity contribution >= 4 is 17.8 Å². The van der Waals surface area contributed by atoms with Gasteiger partial charge in [-0.05, 0) is 49.7 Å². The zero-order valence-corrected chi connectivity index (χ0v) is 15.7. The number of Topliss-reactive ketones (excluding diaryl/α,β-unsaturated/α-hetero) is 1. The Morgan fingerprint density at radius 1 is 1.26 bits per heavy atom. The van der Waals surface area contributed by atoms with Gasteiger partial charge in [0.05, 0.1) is 6.04 Å². The maximum atomic E-state index is 12.1. The van der Waals surface area contributed by atoms with Crippen molar-refractivity contribution < 1.29 is 24.2 Å². The predicted octanol–water partition coefficient (Wildman–Crippen LogP) is 3.78. The zero-order chi connectivity index (χ0) is 19.4. The summed E-state index contributed by atoms with van der Waals surface area (Å²) in [6, 6.07) is 7.50. The first kappa shape index (κ1) is 19.4. The number of ketones is 1. The molecule has 2 N–H and O–H groups in total. The molecule has 2 atom stereocenters. The lowest BCUT2D eigenvalue weighted by Crippen LogP contribution is -2.48. The van der Waals surface area contributed by atoms with E-state index >= 15 is 0 Å². The van der Waals surface area contributed by atoms with E-state index in [0.29, 0.717) is 12.8 Å². The van der Waals surface area contributed by atoms with Crippen LogP contribution in [0.1, 0.15) is 69.0 Å². The van der Waals surface area contributed by atoms with Gasteiger partial charge in [0.1, 0.15) is 17.8 Å². The second kappa shape index (κ2) is 8.11. The molecule has 6 nitrogen and oxygen atoms in total. The standard InChI is InChI=1S/C21H27NO5/c1-14(22-20(25)26)16-8-6-15(7-9-16)10-11-21(17-4-2-3-5-17)13-18(23)12-19(24)27-21/h6-9,14,17,22H,2-5,10-13H2,1H3,(H,25,26). The molecule has 6 heteroatoms. The number of amides is 1. The van der Waals surface area contributed by atoms with Crippen molar-refractivity contribution in [3.05, 3.63) is 35.4 Å². The molecular weight excluding hydrogens is 346 g/mol. The number of hydrogen-bond acceptors (Lipinski definition) is 4. The summed E-state index contributed by atoms with van der Waals surface area (Å²) in [5, 5.41) is 11.3. The minimum Gasteiger partial charge on any atom is -0.465 e. The van der Waals surface area contributed by atoms with Crippen LogP contribution >= 0.6 is 0 Å². The number of cyclic esters (lactones) is 1. The quantitative estimate of drug-likeness (QED) is 0.585. The van der Waals surface area contributed by atoms with Crippen molar-refractivity contribution in [3.63, 3.8) is 0 Å². The molecule has 1 aliphatic heterocycles. The molecule has 3 rings (SSSR count). The number of aryl methyl sites for hydroxylation is 1. The summed E-state index contributed by atoms with van der Waals surface area (Å²) in [4.78, 5) is 34.8. The summed E-state index contributed by atoms with van der Waals surface area (Å²) in [5.41, 5.74) is 1.33. The molecule has 27 heavy (non-hydrogen) atoms. The van der Waals surface area contributed by atoms with Crippen LogP contribution in [-0.2, 0) is 20.7 Å². The normalized spacial score (nSPS) is 24.5. The molecule has 2 aliphatic rings. The van der Waals surface area contributed by atoms with E-state index in [1.165, 1.54) is 0 Å². The molecular formula is C21H27NO5. The van der Waals surface area contributed by atoms with Crippen LogP contribution in [0.2, 0.25) is 0 Å². The van der Waals surface area contributed by atoms with Crippen molar-refractivity contribution in [2.75, 3.05) is 0 Å². The summed E-state index contributed by atoms with van der Waals surface area (Å²) in [6.07, 6.45) is 4.83. The first-order valence-corrected chi connectivity index (χ1v) is 9.70. The summed E-state index contributed by atoms with van der Waals surface area (Å²) in [6.45, 7) is 1.80. The summed E-state index contributed by atoms with van der Waals surface area (Å²) in [7, 11) is 0. The van der Waals surface area contributed by atoms with Gasteiger partial charge in [0.25, 0.3) is 0 Å².